The van der Waals surface area contributed by atoms with Gasteiger partial charge in [-0.3, -0.25) is 9.78 Å². The van der Waals surface area contributed by atoms with E-state index < -0.39 is 11.2 Å². The van der Waals surface area contributed by atoms with Crippen LogP contribution in [0.5, 0.6) is 11.6 Å². The van der Waals surface area contributed by atoms with Crippen LogP contribution in [0.1, 0.15) is 5.56 Å². The number of nitrogens with one attached hydrogen (secondary N) is 1. The van der Waals surface area contributed by atoms with E-state index in [9.17, 15) is 14.7 Å². The van der Waals surface area contributed by atoms with E-state index in [-0.39, 0.29) is 11.4 Å². The number of nitrogens with zero attached hydrogens (tertiary/aromatic N) is 1. The number of benzene rings is 1. The molecule has 0 aliphatic rings. The zero-order chi connectivity index (χ0) is 13.3. The summed E-state index contributed by atoms with van der Waals surface area (Å²) >= 11 is 0. The average Bonchev–Trinajstić information content (AvgIpc) is 2.37. The lowest BCUT2D eigenvalue weighted by Gasteiger charge is -2.09. The smallest absolute Gasteiger partial charge is 0.335 e. The summed E-state index contributed by atoms with van der Waals surface area (Å²) in [5.74, 6) is 0.265. The molecule has 0 aliphatic heterocycles. The summed E-state index contributed by atoms with van der Waals surface area (Å²) in [6.07, 6.45) is 0. The molecule has 0 saturated heterocycles. The molecular weight excluding hydrogens is 236 g/mol. The van der Waals surface area contributed by atoms with E-state index in [2.05, 4.69) is 4.98 Å². The molecule has 1 aromatic heterocycles. The van der Waals surface area contributed by atoms with Crippen LogP contribution in [0.15, 0.2) is 33.9 Å². The summed E-state index contributed by atoms with van der Waals surface area (Å²) in [7, 11) is 1.53. The Morgan fingerprint density at radius 1 is 1.22 bits per heavy atom. The Bertz CT molecular complexity index is 683. The Balaban J connectivity index is 2.67. The zero-order valence-corrected chi connectivity index (χ0v) is 9.93. The van der Waals surface area contributed by atoms with Crippen LogP contribution in [0, 0.1) is 6.92 Å². The maximum Gasteiger partial charge on any atom is 0.335 e. The number of aromatic nitrogens is 2. The zero-order valence-electron chi connectivity index (χ0n) is 9.93. The second-order valence-corrected chi connectivity index (χ2v) is 3.74. The molecule has 0 atom stereocenters. The van der Waals surface area contributed by atoms with Gasteiger partial charge in [0.05, 0.1) is 18.4 Å². The third kappa shape index (κ3) is 1.88. The number of H-pyrrole nitrogens is 1. The summed E-state index contributed by atoms with van der Waals surface area (Å²) in [6, 6.07) is 6.53. The number of aromatic amines is 1. The topological polar surface area (TPSA) is 84.3 Å². The number of hydrogen-bond acceptors (Lipinski definition) is 4. The lowest BCUT2D eigenvalue weighted by Crippen LogP contribution is -2.30. The van der Waals surface area contributed by atoms with Gasteiger partial charge in [0.25, 0.3) is 5.56 Å². The van der Waals surface area contributed by atoms with E-state index in [0.29, 0.717) is 11.4 Å². The molecule has 0 bridgehead atoms. The van der Waals surface area contributed by atoms with Gasteiger partial charge in [-0.05, 0) is 31.2 Å². The number of methoxy groups -OCH3 is 1. The van der Waals surface area contributed by atoms with Crippen LogP contribution >= 0.6 is 0 Å². The van der Waals surface area contributed by atoms with E-state index in [1.807, 2.05) is 0 Å². The van der Waals surface area contributed by atoms with Gasteiger partial charge in [0.2, 0.25) is 5.88 Å². The Kier molecular flexibility index (Phi) is 2.93. The first-order valence-corrected chi connectivity index (χ1v) is 5.24. The van der Waals surface area contributed by atoms with Crippen molar-refractivity contribution in [3.8, 4) is 17.3 Å². The average molecular weight is 248 g/mol. The standard InChI is InChI=1S/C12H12N2O4/c1-7-10(15)13-12(17)14(11(7)16)8-3-5-9(18-2)6-4-8/h3-6,16H,1-2H3,(H,13,15,17). The van der Waals surface area contributed by atoms with Crippen LogP contribution in [0.3, 0.4) is 0 Å². The Labute approximate surface area is 102 Å². The molecule has 6 heteroatoms. The van der Waals surface area contributed by atoms with Crippen molar-refractivity contribution in [1.82, 2.24) is 9.55 Å². The molecule has 0 aliphatic carbocycles. The first-order chi connectivity index (χ1) is 8.54. The largest absolute Gasteiger partial charge is 0.497 e. The van der Waals surface area contributed by atoms with Gasteiger partial charge in [0.15, 0.2) is 0 Å². The summed E-state index contributed by atoms with van der Waals surface area (Å²) in [4.78, 5) is 25.1. The van der Waals surface area contributed by atoms with Gasteiger partial charge >= 0.3 is 5.69 Å². The molecule has 0 amide bonds. The molecule has 1 heterocycles. The van der Waals surface area contributed by atoms with Crippen molar-refractivity contribution in [2.45, 2.75) is 6.92 Å². The molecule has 2 N–H and O–H groups in total. The Morgan fingerprint density at radius 3 is 2.39 bits per heavy atom. The van der Waals surface area contributed by atoms with Crippen molar-refractivity contribution in [3.05, 3.63) is 50.7 Å². The molecule has 2 rings (SSSR count). The maximum absolute atomic E-state index is 11.7. The monoisotopic (exact) mass is 248 g/mol. The van der Waals surface area contributed by atoms with Gasteiger partial charge < -0.3 is 9.84 Å². The van der Waals surface area contributed by atoms with Gasteiger partial charge in [-0.15, -0.1) is 0 Å². The van der Waals surface area contributed by atoms with Crippen molar-refractivity contribution in [2.24, 2.45) is 0 Å². The third-order valence-electron chi connectivity index (χ3n) is 2.64. The van der Waals surface area contributed by atoms with Crippen LogP contribution < -0.4 is 16.0 Å². The molecule has 18 heavy (non-hydrogen) atoms. The Hall–Kier alpha value is -2.50. The molecule has 0 spiro atoms. The lowest BCUT2D eigenvalue weighted by molar-refractivity contribution is 0.413. The van der Waals surface area contributed by atoms with Crippen molar-refractivity contribution < 1.29 is 9.84 Å². The predicted molar refractivity (Wildman–Crippen MR) is 65.6 cm³/mol. The van der Waals surface area contributed by atoms with Crippen LogP contribution in [0.2, 0.25) is 0 Å². The highest BCUT2D eigenvalue weighted by Gasteiger charge is 2.11. The van der Waals surface area contributed by atoms with Crippen LogP contribution in [0.25, 0.3) is 5.69 Å². The van der Waals surface area contributed by atoms with Crippen LogP contribution in [-0.2, 0) is 0 Å². The second kappa shape index (κ2) is 4.40. The van der Waals surface area contributed by atoms with E-state index in [1.165, 1.54) is 14.0 Å². The fourth-order valence-electron chi connectivity index (χ4n) is 1.58. The highest BCUT2D eigenvalue weighted by atomic mass is 16.5. The van der Waals surface area contributed by atoms with E-state index in [4.69, 9.17) is 4.74 Å². The summed E-state index contributed by atoms with van der Waals surface area (Å²) < 4.78 is 6.02. The second-order valence-electron chi connectivity index (χ2n) is 3.74. The van der Waals surface area contributed by atoms with Crippen LogP contribution in [-0.4, -0.2) is 21.8 Å². The molecule has 0 unspecified atom stereocenters. The first-order valence-electron chi connectivity index (χ1n) is 5.24. The van der Waals surface area contributed by atoms with E-state index in [0.717, 1.165) is 4.57 Å². The predicted octanol–water partition coefficient (Wildman–Crippen LogP) is 0.548. The summed E-state index contributed by atoms with van der Waals surface area (Å²) in [5.41, 5.74) is -0.751. The number of aromatic hydroxyl groups is 1. The van der Waals surface area contributed by atoms with Crippen LogP contribution in [0.4, 0.5) is 0 Å². The van der Waals surface area contributed by atoms with E-state index >= 15 is 0 Å². The molecular formula is C12H12N2O4. The number of hydrogen-bond donors (Lipinski definition) is 2. The highest BCUT2D eigenvalue weighted by Crippen LogP contribution is 2.18. The minimum Gasteiger partial charge on any atom is -0.497 e. The van der Waals surface area contributed by atoms with Gasteiger partial charge in [0.1, 0.15) is 5.75 Å². The van der Waals surface area contributed by atoms with Crippen molar-refractivity contribution >= 4 is 0 Å². The summed E-state index contributed by atoms with van der Waals surface area (Å²) in [5, 5.41) is 9.85. The Morgan fingerprint density at radius 2 is 1.83 bits per heavy atom. The SMILES string of the molecule is COc1ccc(-n2c(O)c(C)c(=O)[nH]c2=O)cc1. The quantitative estimate of drug-likeness (QED) is 0.812. The molecule has 0 radical (unpaired) electrons. The summed E-state index contributed by atoms with van der Waals surface area (Å²) in [6.45, 7) is 1.44. The van der Waals surface area contributed by atoms with Crippen molar-refractivity contribution in [2.75, 3.05) is 7.11 Å². The molecule has 2 aromatic rings. The molecule has 1 aromatic carbocycles. The highest BCUT2D eigenvalue weighted by molar-refractivity contribution is 5.41. The number of rotatable bonds is 2. The van der Waals surface area contributed by atoms with E-state index in [1.54, 1.807) is 24.3 Å². The lowest BCUT2D eigenvalue weighted by atomic mass is 10.3. The van der Waals surface area contributed by atoms with Gasteiger partial charge in [0, 0.05) is 0 Å². The fraction of sp³-hybridized carbons (Fsp3) is 0.167. The minimum absolute atomic E-state index is 0.0884. The minimum atomic E-state index is -0.687. The molecule has 6 nitrogen and oxygen atoms in total. The van der Waals surface area contributed by atoms with Crippen molar-refractivity contribution in [1.29, 1.82) is 0 Å². The third-order valence-corrected chi connectivity index (χ3v) is 2.64. The maximum atomic E-state index is 11.7. The molecule has 0 saturated carbocycles. The normalized spacial score (nSPS) is 10.3. The molecule has 94 valence electrons. The number of ether oxygens (including phenoxy) is 1. The first kappa shape index (κ1) is 12.0. The molecule has 0 fully saturated rings. The van der Waals surface area contributed by atoms with Gasteiger partial charge in [-0.1, -0.05) is 0 Å². The van der Waals surface area contributed by atoms with Gasteiger partial charge in [-0.25, -0.2) is 9.36 Å². The van der Waals surface area contributed by atoms with Gasteiger partial charge in [-0.2, -0.15) is 0 Å². The van der Waals surface area contributed by atoms with Crippen molar-refractivity contribution in [3.63, 3.8) is 0 Å². The fourth-order valence-corrected chi connectivity index (χ4v) is 1.58.